The summed E-state index contributed by atoms with van der Waals surface area (Å²) in [6, 6.07) is 0.200. The van der Waals surface area contributed by atoms with Crippen molar-refractivity contribution in [3.05, 3.63) is 0 Å². The second kappa shape index (κ2) is 9.81. The Morgan fingerprint density at radius 2 is 1.79 bits per heavy atom. The first kappa shape index (κ1) is 21.3. The number of likely N-dealkylation sites (tertiary alicyclic amines) is 1. The second-order valence-corrected chi connectivity index (χ2v) is 5.82. The number of nitrogens with one attached hydrogen (secondary N) is 1. The molecular weight excluding hydrogens is 285 g/mol. The van der Waals surface area contributed by atoms with Crippen molar-refractivity contribution in [3.8, 4) is 0 Å². The van der Waals surface area contributed by atoms with Crippen molar-refractivity contribution < 1.29 is 4.79 Å². The molecule has 1 aliphatic rings. The second-order valence-electron chi connectivity index (χ2n) is 5.82. The van der Waals surface area contributed by atoms with Gasteiger partial charge in [0.1, 0.15) is 0 Å². The molecule has 116 valence electrons. The molecule has 0 bridgehead atoms. The van der Waals surface area contributed by atoms with Crippen LogP contribution in [0.3, 0.4) is 0 Å². The predicted octanol–water partition coefficient (Wildman–Crippen LogP) is 1.81. The molecule has 6 heteroatoms. The van der Waals surface area contributed by atoms with Gasteiger partial charge in [-0.3, -0.25) is 4.79 Å². The Morgan fingerprint density at radius 3 is 2.26 bits per heavy atom. The lowest BCUT2D eigenvalue weighted by Gasteiger charge is -2.31. The molecular formula is C13H29Cl2N3O. The highest BCUT2D eigenvalue weighted by molar-refractivity contribution is 5.85. The first-order chi connectivity index (χ1) is 7.95. The van der Waals surface area contributed by atoms with E-state index in [9.17, 15) is 4.79 Å². The molecule has 0 aromatic carbocycles. The minimum absolute atomic E-state index is 0. The highest BCUT2D eigenvalue weighted by Gasteiger charge is 2.27. The van der Waals surface area contributed by atoms with E-state index in [2.05, 4.69) is 17.1 Å². The van der Waals surface area contributed by atoms with Crippen LogP contribution in [-0.4, -0.2) is 43.0 Å². The molecule has 0 aliphatic carbocycles. The van der Waals surface area contributed by atoms with Crippen molar-refractivity contribution in [3.63, 3.8) is 0 Å². The van der Waals surface area contributed by atoms with Gasteiger partial charge in [-0.05, 0) is 46.7 Å². The van der Waals surface area contributed by atoms with Gasteiger partial charge in [-0.1, -0.05) is 6.42 Å². The van der Waals surface area contributed by atoms with E-state index in [-0.39, 0.29) is 36.8 Å². The molecule has 3 N–H and O–H groups in total. The third kappa shape index (κ3) is 7.35. The summed E-state index contributed by atoms with van der Waals surface area (Å²) in [5.41, 5.74) is 5.13. The van der Waals surface area contributed by atoms with Gasteiger partial charge < -0.3 is 16.0 Å². The quantitative estimate of drug-likeness (QED) is 0.813. The smallest absolute Gasteiger partial charge is 0.227 e. The monoisotopic (exact) mass is 313 g/mol. The van der Waals surface area contributed by atoms with Gasteiger partial charge >= 0.3 is 0 Å². The van der Waals surface area contributed by atoms with Crippen LogP contribution < -0.4 is 11.1 Å². The summed E-state index contributed by atoms with van der Waals surface area (Å²) < 4.78 is 0. The van der Waals surface area contributed by atoms with Crippen LogP contribution in [0.4, 0.5) is 0 Å². The maximum absolute atomic E-state index is 11.9. The van der Waals surface area contributed by atoms with Gasteiger partial charge in [0.25, 0.3) is 0 Å². The minimum Gasteiger partial charge on any atom is -0.352 e. The summed E-state index contributed by atoms with van der Waals surface area (Å²) in [4.78, 5) is 14.4. The number of hydrogen-bond donors (Lipinski definition) is 2. The topological polar surface area (TPSA) is 58.4 Å². The van der Waals surface area contributed by atoms with Gasteiger partial charge in [0.05, 0.1) is 5.41 Å². The Balaban J connectivity index is 0. The fraction of sp³-hybridized carbons (Fsp3) is 0.923. The van der Waals surface area contributed by atoms with Crippen molar-refractivity contribution >= 4 is 30.7 Å². The molecule has 1 saturated heterocycles. The number of piperidine rings is 1. The molecule has 1 heterocycles. The standard InChI is InChI=1S/C13H27N3O.2ClH/c1-11(9-16-7-5-4-6-8-16)15-12(17)13(2,3)10-14;;/h11H,4-10,14H2,1-3H3,(H,15,17);2*1H. The van der Waals surface area contributed by atoms with Crippen LogP contribution in [0.2, 0.25) is 0 Å². The van der Waals surface area contributed by atoms with Crippen molar-refractivity contribution in [2.75, 3.05) is 26.2 Å². The molecule has 0 spiro atoms. The Kier molecular flexibility index (Phi) is 11.0. The average Bonchev–Trinajstić information content (AvgIpc) is 2.30. The average molecular weight is 314 g/mol. The minimum atomic E-state index is -0.462. The molecule has 0 saturated carbocycles. The van der Waals surface area contributed by atoms with Gasteiger partial charge in [-0.15, -0.1) is 24.8 Å². The van der Waals surface area contributed by atoms with E-state index in [1.807, 2.05) is 13.8 Å². The Bertz CT molecular complexity index is 256. The summed E-state index contributed by atoms with van der Waals surface area (Å²) in [5, 5.41) is 3.06. The fourth-order valence-corrected chi connectivity index (χ4v) is 2.09. The largest absolute Gasteiger partial charge is 0.352 e. The molecule has 1 aliphatic heterocycles. The number of carbonyl (C=O) groups is 1. The maximum atomic E-state index is 11.9. The molecule has 1 rings (SSSR count). The molecule has 0 radical (unpaired) electrons. The van der Waals surface area contributed by atoms with Crippen LogP contribution in [-0.2, 0) is 4.79 Å². The van der Waals surface area contributed by atoms with Crippen molar-refractivity contribution in [1.82, 2.24) is 10.2 Å². The number of amides is 1. The van der Waals surface area contributed by atoms with Crippen LogP contribution in [0.1, 0.15) is 40.0 Å². The zero-order valence-electron chi connectivity index (χ0n) is 12.3. The first-order valence-corrected chi connectivity index (χ1v) is 6.69. The van der Waals surface area contributed by atoms with E-state index in [0.29, 0.717) is 6.54 Å². The highest BCUT2D eigenvalue weighted by atomic mass is 35.5. The third-order valence-corrected chi connectivity index (χ3v) is 3.48. The summed E-state index contributed by atoms with van der Waals surface area (Å²) in [6.07, 6.45) is 3.92. The summed E-state index contributed by atoms with van der Waals surface area (Å²) >= 11 is 0. The normalized spacial score (nSPS) is 17.9. The summed E-state index contributed by atoms with van der Waals surface area (Å²) in [6.45, 7) is 9.51. The summed E-state index contributed by atoms with van der Waals surface area (Å²) in [5.74, 6) is 0.0597. The van der Waals surface area contributed by atoms with E-state index in [1.54, 1.807) is 0 Å². The zero-order valence-corrected chi connectivity index (χ0v) is 13.9. The molecule has 4 nitrogen and oxygen atoms in total. The first-order valence-electron chi connectivity index (χ1n) is 6.69. The third-order valence-electron chi connectivity index (χ3n) is 3.48. The number of nitrogens with two attached hydrogens (primary N) is 1. The van der Waals surface area contributed by atoms with E-state index in [0.717, 1.165) is 6.54 Å². The van der Waals surface area contributed by atoms with Gasteiger partial charge in [0.15, 0.2) is 0 Å². The van der Waals surface area contributed by atoms with Gasteiger partial charge in [-0.2, -0.15) is 0 Å². The number of nitrogens with zero attached hydrogens (tertiary/aromatic N) is 1. The van der Waals surface area contributed by atoms with E-state index >= 15 is 0 Å². The Hall–Kier alpha value is -0.0300. The number of rotatable bonds is 5. The SMILES string of the molecule is CC(CN1CCCCC1)NC(=O)C(C)(C)CN.Cl.Cl. The van der Waals surface area contributed by atoms with E-state index in [4.69, 9.17) is 5.73 Å². The molecule has 1 unspecified atom stereocenters. The number of carbonyl (C=O) groups excluding carboxylic acids is 1. The van der Waals surface area contributed by atoms with Gasteiger partial charge in [-0.25, -0.2) is 0 Å². The molecule has 1 amide bonds. The lowest BCUT2D eigenvalue weighted by atomic mass is 9.92. The summed E-state index contributed by atoms with van der Waals surface area (Å²) in [7, 11) is 0. The van der Waals surface area contributed by atoms with Crippen LogP contribution in [0.25, 0.3) is 0 Å². The van der Waals surface area contributed by atoms with Crippen LogP contribution in [0.5, 0.6) is 0 Å². The molecule has 0 aromatic heterocycles. The van der Waals surface area contributed by atoms with E-state index in [1.165, 1.54) is 32.4 Å². The predicted molar refractivity (Wildman–Crippen MR) is 85.2 cm³/mol. The lowest BCUT2D eigenvalue weighted by molar-refractivity contribution is -0.129. The van der Waals surface area contributed by atoms with E-state index < -0.39 is 5.41 Å². The Labute approximate surface area is 129 Å². The van der Waals surface area contributed by atoms with Gasteiger partial charge in [0.2, 0.25) is 5.91 Å². The van der Waals surface area contributed by atoms with Crippen molar-refractivity contribution in [2.24, 2.45) is 11.1 Å². The molecule has 19 heavy (non-hydrogen) atoms. The maximum Gasteiger partial charge on any atom is 0.227 e. The van der Waals surface area contributed by atoms with Crippen LogP contribution in [0, 0.1) is 5.41 Å². The van der Waals surface area contributed by atoms with Crippen LogP contribution >= 0.6 is 24.8 Å². The number of hydrogen-bond acceptors (Lipinski definition) is 3. The highest BCUT2D eigenvalue weighted by Crippen LogP contribution is 2.13. The molecule has 1 atom stereocenters. The van der Waals surface area contributed by atoms with Crippen molar-refractivity contribution in [1.29, 1.82) is 0 Å². The molecule has 1 fully saturated rings. The van der Waals surface area contributed by atoms with Crippen LogP contribution in [0.15, 0.2) is 0 Å². The fourth-order valence-electron chi connectivity index (χ4n) is 2.09. The van der Waals surface area contributed by atoms with Gasteiger partial charge in [0, 0.05) is 19.1 Å². The van der Waals surface area contributed by atoms with Crippen molar-refractivity contribution in [2.45, 2.75) is 46.1 Å². The Morgan fingerprint density at radius 1 is 1.26 bits per heavy atom. The lowest BCUT2D eigenvalue weighted by Crippen LogP contribution is -2.49. The zero-order chi connectivity index (χ0) is 12.9. The molecule has 0 aromatic rings. The number of halogens is 2.